The molecule has 0 amide bonds. The highest BCUT2D eigenvalue weighted by Crippen LogP contribution is 2.23. The maximum Gasteiger partial charge on any atom is 0.103 e. The van der Waals surface area contributed by atoms with Crippen molar-refractivity contribution in [1.82, 2.24) is 29.5 Å². The number of aromatic nitrogens is 4. The summed E-state index contributed by atoms with van der Waals surface area (Å²) in [5.41, 5.74) is 6.19. The zero-order chi connectivity index (χ0) is 19.4. The van der Waals surface area contributed by atoms with Crippen molar-refractivity contribution in [2.24, 2.45) is 0 Å². The molecule has 3 aromatic rings. The molecule has 3 rings (SSSR count). The molecule has 0 fully saturated rings. The van der Waals surface area contributed by atoms with Crippen LogP contribution in [0.3, 0.4) is 0 Å². The fourth-order valence-electron chi connectivity index (χ4n) is 3.37. The van der Waals surface area contributed by atoms with E-state index in [9.17, 15) is 0 Å². The Bertz CT molecular complexity index is 863. The molecule has 2 aromatic heterocycles. The van der Waals surface area contributed by atoms with E-state index in [2.05, 4.69) is 64.9 Å². The summed E-state index contributed by atoms with van der Waals surface area (Å²) in [6.07, 6.45) is 5.78. The van der Waals surface area contributed by atoms with Crippen molar-refractivity contribution < 1.29 is 0 Å². The minimum atomic E-state index is 0.848. The number of imidazole rings is 1. The number of rotatable bonds is 8. The predicted octanol–water partition coefficient (Wildman–Crippen LogP) is 3.08. The van der Waals surface area contributed by atoms with Gasteiger partial charge < -0.3 is 9.88 Å². The number of benzene rings is 1. The molecule has 0 aliphatic rings. The Kier molecular flexibility index (Phi) is 6.08. The summed E-state index contributed by atoms with van der Waals surface area (Å²) in [6.45, 7) is 10.0. The molecule has 0 saturated heterocycles. The van der Waals surface area contributed by atoms with Gasteiger partial charge in [-0.2, -0.15) is 5.10 Å². The Morgan fingerprint density at radius 2 is 1.89 bits per heavy atom. The van der Waals surface area contributed by atoms with E-state index in [1.807, 2.05) is 36.3 Å². The molecule has 0 spiro atoms. The molecule has 0 saturated carbocycles. The Hall–Kier alpha value is -2.44. The number of hydrogen-bond acceptors (Lipinski definition) is 4. The van der Waals surface area contributed by atoms with Crippen LogP contribution < -0.4 is 0 Å². The molecular formula is C21H30N6. The van der Waals surface area contributed by atoms with E-state index in [0.717, 1.165) is 43.4 Å². The first-order valence-electron chi connectivity index (χ1n) is 9.40. The first-order valence-corrected chi connectivity index (χ1v) is 9.40. The number of nitrogens with zero attached hydrogens (tertiary/aromatic N) is 5. The predicted molar refractivity (Wildman–Crippen MR) is 109 cm³/mol. The maximum atomic E-state index is 4.47. The summed E-state index contributed by atoms with van der Waals surface area (Å²) in [5, 5.41) is 4.47. The van der Waals surface area contributed by atoms with Crippen LogP contribution in [0.5, 0.6) is 0 Å². The van der Waals surface area contributed by atoms with Gasteiger partial charge in [-0.05, 0) is 63.7 Å². The van der Waals surface area contributed by atoms with E-state index in [4.69, 9.17) is 0 Å². The third kappa shape index (κ3) is 5.05. The van der Waals surface area contributed by atoms with E-state index in [1.165, 1.54) is 16.7 Å². The smallest absolute Gasteiger partial charge is 0.103 e. The van der Waals surface area contributed by atoms with E-state index in [-0.39, 0.29) is 0 Å². The summed E-state index contributed by atoms with van der Waals surface area (Å²) in [4.78, 5) is 12.4. The molecule has 0 atom stereocenters. The molecule has 2 heterocycles. The van der Waals surface area contributed by atoms with Crippen LogP contribution in [0.2, 0.25) is 0 Å². The van der Waals surface area contributed by atoms with Crippen molar-refractivity contribution in [2.45, 2.75) is 33.9 Å². The number of nitrogens with one attached hydrogen (secondary N) is 1. The van der Waals surface area contributed by atoms with E-state index in [1.54, 1.807) is 0 Å². The number of H-pyrrole nitrogens is 1. The fraction of sp³-hybridized carbons (Fsp3) is 0.429. The molecule has 144 valence electrons. The highest BCUT2D eigenvalue weighted by atomic mass is 15.3. The van der Waals surface area contributed by atoms with Crippen molar-refractivity contribution in [2.75, 3.05) is 27.2 Å². The summed E-state index contributed by atoms with van der Waals surface area (Å²) in [5.74, 6) is 0.960. The quantitative estimate of drug-likeness (QED) is 0.666. The van der Waals surface area contributed by atoms with Gasteiger partial charge in [-0.25, -0.2) is 9.67 Å². The summed E-state index contributed by atoms with van der Waals surface area (Å²) < 4.78 is 1.97. The van der Waals surface area contributed by atoms with Gasteiger partial charge in [0.05, 0.1) is 5.69 Å². The first-order chi connectivity index (χ1) is 12.9. The lowest BCUT2D eigenvalue weighted by atomic mass is 10.0. The van der Waals surface area contributed by atoms with Gasteiger partial charge in [0.25, 0.3) is 0 Å². The number of hydrogen-bond donors (Lipinski definition) is 1. The Balaban J connectivity index is 1.90. The van der Waals surface area contributed by atoms with Crippen molar-refractivity contribution in [3.05, 3.63) is 65.0 Å². The van der Waals surface area contributed by atoms with Gasteiger partial charge in [0, 0.05) is 50.5 Å². The largest absolute Gasteiger partial charge is 0.345 e. The van der Waals surface area contributed by atoms with Crippen molar-refractivity contribution in [3.63, 3.8) is 0 Å². The van der Waals surface area contributed by atoms with Gasteiger partial charge >= 0.3 is 0 Å². The van der Waals surface area contributed by atoms with Gasteiger partial charge in [0.2, 0.25) is 0 Å². The normalized spacial score (nSPS) is 11.7. The average molecular weight is 367 g/mol. The van der Waals surface area contributed by atoms with Crippen LogP contribution in [-0.2, 0) is 13.1 Å². The summed E-state index contributed by atoms with van der Waals surface area (Å²) >= 11 is 0. The molecule has 27 heavy (non-hydrogen) atoms. The van der Waals surface area contributed by atoms with Crippen LogP contribution in [0.4, 0.5) is 0 Å². The van der Waals surface area contributed by atoms with Crippen LogP contribution in [0.15, 0.2) is 36.8 Å². The Morgan fingerprint density at radius 3 is 2.52 bits per heavy atom. The van der Waals surface area contributed by atoms with Gasteiger partial charge in [0.1, 0.15) is 5.82 Å². The summed E-state index contributed by atoms with van der Waals surface area (Å²) in [6, 6.07) is 6.45. The molecule has 0 bridgehead atoms. The second-order valence-electron chi connectivity index (χ2n) is 7.54. The third-order valence-electron chi connectivity index (χ3n) is 4.74. The lowest BCUT2D eigenvalue weighted by molar-refractivity contribution is 0.223. The molecule has 1 aromatic carbocycles. The molecule has 0 aliphatic carbocycles. The van der Waals surface area contributed by atoms with Crippen molar-refractivity contribution >= 4 is 0 Å². The Labute approximate surface area is 161 Å². The molecule has 6 heteroatoms. The average Bonchev–Trinajstić information content (AvgIpc) is 3.26. The molecular weight excluding hydrogens is 336 g/mol. The van der Waals surface area contributed by atoms with Crippen LogP contribution in [0, 0.1) is 20.8 Å². The van der Waals surface area contributed by atoms with Gasteiger partial charge in [-0.1, -0.05) is 6.07 Å². The molecule has 0 unspecified atom stereocenters. The second kappa shape index (κ2) is 8.50. The van der Waals surface area contributed by atoms with Crippen LogP contribution in [0.1, 0.15) is 28.2 Å². The highest BCUT2D eigenvalue weighted by molar-refractivity contribution is 5.48. The van der Waals surface area contributed by atoms with Crippen LogP contribution in [0.25, 0.3) is 5.69 Å². The van der Waals surface area contributed by atoms with E-state index >= 15 is 0 Å². The first kappa shape index (κ1) is 19.3. The lowest BCUT2D eigenvalue weighted by Crippen LogP contribution is -2.31. The van der Waals surface area contributed by atoms with Crippen molar-refractivity contribution in [1.29, 1.82) is 0 Å². The van der Waals surface area contributed by atoms with E-state index < -0.39 is 0 Å². The van der Waals surface area contributed by atoms with Crippen LogP contribution in [-0.4, -0.2) is 56.7 Å². The zero-order valence-electron chi connectivity index (χ0n) is 17.0. The summed E-state index contributed by atoms with van der Waals surface area (Å²) in [7, 11) is 4.23. The van der Waals surface area contributed by atoms with Crippen molar-refractivity contribution in [3.8, 4) is 5.69 Å². The van der Waals surface area contributed by atoms with E-state index in [0.29, 0.717) is 0 Å². The Morgan fingerprint density at radius 1 is 1.07 bits per heavy atom. The topological polar surface area (TPSA) is 53.0 Å². The third-order valence-corrected chi connectivity index (χ3v) is 4.74. The standard InChI is InChI=1S/C21H30N6/c1-16-11-17(2)20(21(12-16)27-8-6-7-23-27)15-26(10-9-25(4)5)14-19-13-22-18(3)24-19/h6-8,11-13H,9-10,14-15H2,1-5H3,(H,22,24). The second-order valence-corrected chi connectivity index (χ2v) is 7.54. The SMILES string of the molecule is Cc1cc(C)c(CN(CCN(C)C)Cc2cnc(C)[nH]2)c(-n2cccn2)c1. The van der Waals surface area contributed by atoms with Gasteiger partial charge in [-0.15, -0.1) is 0 Å². The van der Waals surface area contributed by atoms with Crippen LogP contribution >= 0.6 is 0 Å². The molecule has 1 N–H and O–H groups in total. The monoisotopic (exact) mass is 366 g/mol. The zero-order valence-corrected chi connectivity index (χ0v) is 17.0. The number of aryl methyl sites for hydroxylation is 3. The molecule has 6 nitrogen and oxygen atoms in total. The number of aromatic amines is 1. The van der Waals surface area contributed by atoms with Gasteiger partial charge in [0.15, 0.2) is 0 Å². The highest BCUT2D eigenvalue weighted by Gasteiger charge is 2.15. The minimum absolute atomic E-state index is 0.848. The fourth-order valence-corrected chi connectivity index (χ4v) is 3.37. The number of likely N-dealkylation sites (N-methyl/N-ethyl adjacent to an activating group) is 1. The molecule has 0 radical (unpaired) electrons. The van der Waals surface area contributed by atoms with Gasteiger partial charge in [-0.3, -0.25) is 4.90 Å². The maximum absolute atomic E-state index is 4.47. The minimum Gasteiger partial charge on any atom is -0.345 e. The lowest BCUT2D eigenvalue weighted by Gasteiger charge is -2.26. The molecule has 0 aliphatic heterocycles.